The Morgan fingerprint density at radius 2 is 2.39 bits per heavy atom. The molecule has 98 valence electrons. The monoisotopic (exact) mass is 249 g/mol. The molecule has 1 aliphatic heterocycles. The molecule has 2 rings (SSSR count). The van der Waals surface area contributed by atoms with E-state index in [1.165, 1.54) is 0 Å². The van der Waals surface area contributed by atoms with Crippen molar-refractivity contribution < 1.29 is 9.53 Å². The summed E-state index contributed by atoms with van der Waals surface area (Å²) >= 11 is 0. The number of carbonyl (C=O) groups is 1. The third kappa shape index (κ3) is 2.98. The van der Waals surface area contributed by atoms with Gasteiger partial charge in [-0.3, -0.25) is 4.79 Å². The Labute approximate surface area is 107 Å². The molecule has 2 unspecified atom stereocenters. The fourth-order valence-corrected chi connectivity index (χ4v) is 2.18. The van der Waals surface area contributed by atoms with Crippen molar-refractivity contribution in [3.63, 3.8) is 0 Å². The minimum atomic E-state index is -0.0773. The molecule has 1 aromatic heterocycles. The maximum absolute atomic E-state index is 12.2. The number of ether oxygens (including phenoxy) is 1. The number of aromatic nitrogens is 1. The average molecular weight is 249 g/mol. The molecule has 0 bridgehead atoms. The molecule has 1 amide bonds. The smallest absolute Gasteiger partial charge is 0.255 e. The zero-order chi connectivity index (χ0) is 13.0. The molecule has 2 heterocycles. The average Bonchev–Trinajstić information content (AvgIpc) is 2.38. The maximum atomic E-state index is 12.2. The van der Waals surface area contributed by atoms with E-state index in [1.54, 1.807) is 25.4 Å². The Bertz CT molecular complexity index is 422. The highest BCUT2D eigenvalue weighted by Gasteiger charge is 2.22. The zero-order valence-corrected chi connectivity index (χ0v) is 10.8. The molecule has 0 radical (unpaired) electrons. The van der Waals surface area contributed by atoms with Gasteiger partial charge in [-0.25, -0.2) is 4.98 Å². The van der Waals surface area contributed by atoms with Crippen LogP contribution in [0.3, 0.4) is 0 Å². The van der Waals surface area contributed by atoms with E-state index in [0.29, 0.717) is 18.0 Å². The van der Waals surface area contributed by atoms with Gasteiger partial charge in [-0.05, 0) is 31.9 Å². The van der Waals surface area contributed by atoms with Crippen LogP contribution in [0.2, 0.25) is 0 Å². The van der Waals surface area contributed by atoms with E-state index in [1.807, 2.05) is 6.92 Å². The number of nitrogens with zero attached hydrogens (tertiary/aromatic N) is 1. The number of amides is 1. The third-order valence-corrected chi connectivity index (χ3v) is 3.11. The lowest BCUT2D eigenvalue weighted by molar-refractivity contribution is 0.0137. The van der Waals surface area contributed by atoms with Crippen LogP contribution in [-0.4, -0.2) is 36.7 Å². The molecular weight excluding hydrogens is 230 g/mol. The van der Waals surface area contributed by atoms with Gasteiger partial charge in [-0.1, -0.05) is 0 Å². The van der Waals surface area contributed by atoms with Crippen LogP contribution in [0.1, 0.15) is 30.1 Å². The number of anilines is 1. The van der Waals surface area contributed by atoms with Gasteiger partial charge in [-0.15, -0.1) is 0 Å². The molecule has 18 heavy (non-hydrogen) atoms. The predicted octanol–water partition coefficient (Wildman–Crippen LogP) is 1.42. The van der Waals surface area contributed by atoms with Gasteiger partial charge in [0.2, 0.25) is 0 Å². The van der Waals surface area contributed by atoms with E-state index in [9.17, 15) is 4.79 Å². The second-order valence-electron chi connectivity index (χ2n) is 4.53. The highest BCUT2D eigenvalue weighted by Crippen LogP contribution is 2.15. The van der Waals surface area contributed by atoms with Crippen LogP contribution >= 0.6 is 0 Å². The standard InChI is InChI=1S/C13H19N3O2/c1-9-8-10(5-7-18-9)16-13(17)11-4-3-6-15-12(11)14-2/h3-4,6,9-10H,5,7-8H2,1-2H3,(H,14,15)(H,16,17). The second-order valence-corrected chi connectivity index (χ2v) is 4.53. The Hall–Kier alpha value is -1.62. The summed E-state index contributed by atoms with van der Waals surface area (Å²) in [7, 11) is 1.76. The summed E-state index contributed by atoms with van der Waals surface area (Å²) in [4.78, 5) is 16.3. The van der Waals surface area contributed by atoms with E-state index in [2.05, 4.69) is 15.6 Å². The third-order valence-electron chi connectivity index (χ3n) is 3.11. The highest BCUT2D eigenvalue weighted by atomic mass is 16.5. The first-order valence-electron chi connectivity index (χ1n) is 6.26. The first kappa shape index (κ1) is 12.8. The van der Waals surface area contributed by atoms with Crippen LogP contribution in [0.25, 0.3) is 0 Å². The van der Waals surface area contributed by atoms with Crippen molar-refractivity contribution in [1.82, 2.24) is 10.3 Å². The van der Waals surface area contributed by atoms with Gasteiger partial charge in [0.25, 0.3) is 5.91 Å². The lowest BCUT2D eigenvalue weighted by atomic mass is 10.0. The SMILES string of the molecule is CNc1ncccc1C(=O)NC1CCOC(C)C1. The van der Waals surface area contributed by atoms with Crippen molar-refractivity contribution in [1.29, 1.82) is 0 Å². The van der Waals surface area contributed by atoms with Gasteiger partial charge in [-0.2, -0.15) is 0 Å². The molecule has 0 spiro atoms. The van der Waals surface area contributed by atoms with Gasteiger partial charge in [0.15, 0.2) is 0 Å². The molecule has 1 aromatic rings. The summed E-state index contributed by atoms with van der Waals surface area (Å²) in [6.07, 6.45) is 3.60. The van der Waals surface area contributed by atoms with Crippen molar-refractivity contribution in [3.05, 3.63) is 23.9 Å². The number of hydrogen-bond acceptors (Lipinski definition) is 4. The summed E-state index contributed by atoms with van der Waals surface area (Å²) in [5, 5.41) is 5.97. The quantitative estimate of drug-likeness (QED) is 0.850. The minimum absolute atomic E-state index is 0.0773. The van der Waals surface area contributed by atoms with Crippen LogP contribution in [0.5, 0.6) is 0 Å². The minimum Gasteiger partial charge on any atom is -0.378 e. The van der Waals surface area contributed by atoms with Crippen molar-refractivity contribution in [3.8, 4) is 0 Å². The largest absolute Gasteiger partial charge is 0.378 e. The summed E-state index contributed by atoms with van der Waals surface area (Å²) in [6.45, 7) is 2.74. The summed E-state index contributed by atoms with van der Waals surface area (Å²) in [5.41, 5.74) is 0.583. The second kappa shape index (κ2) is 5.82. The number of pyridine rings is 1. The zero-order valence-electron chi connectivity index (χ0n) is 10.8. The van der Waals surface area contributed by atoms with Gasteiger partial charge in [0, 0.05) is 25.9 Å². The fraction of sp³-hybridized carbons (Fsp3) is 0.538. The van der Waals surface area contributed by atoms with Crippen molar-refractivity contribution in [2.45, 2.75) is 31.9 Å². The first-order chi connectivity index (χ1) is 8.70. The Balaban J connectivity index is 2.03. The Kier molecular flexibility index (Phi) is 4.15. The topological polar surface area (TPSA) is 63.2 Å². The molecule has 0 aromatic carbocycles. The lowest BCUT2D eigenvalue weighted by Gasteiger charge is -2.28. The van der Waals surface area contributed by atoms with Gasteiger partial charge >= 0.3 is 0 Å². The van der Waals surface area contributed by atoms with E-state index in [-0.39, 0.29) is 18.1 Å². The molecule has 5 nitrogen and oxygen atoms in total. The number of carbonyl (C=O) groups excluding carboxylic acids is 1. The number of rotatable bonds is 3. The maximum Gasteiger partial charge on any atom is 0.255 e. The normalized spacial score (nSPS) is 23.4. The van der Waals surface area contributed by atoms with Crippen LogP contribution in [0, 0.1) is 0 Å². The molecule has 1 aliphatic rings. The van der Waals surface area contributed by atoms with E-state index >= 15 is 0 Å². The summed E-state index contributed by atoms with van der Waals surface area (Å²) in [5.74, 6) is 0.529. The number of nitrogens with one attached hydrogen (secondary N) is 2. The Morgan fingerprint density at radius 3 is 3.11 bits per heavy atom. The van der Waals surface area contributed by atoms with Crippen molar-refractivity contribution in [2.75, 3.05) is 19.0 Å². The van der Waals surface area contributed by atoms with Crippen LogP contribution in [0.4, 0.5) is 5.82 Å². The van der Waals surface area contributed by atoms with Gasteiger partial charge in [0.05, 0.1) is 11.7 Å². The van der Waals surface area contributed by atoms with Crippen LogP contribution < -0.4 is 10.6 Å². The molecule has 0 aliphatic carbocycles. The van der Waals surface area contributed by atoms with Crippen LogP contribution in [0.15, 0.2) is 18.3 Å². The van der Waals surface area contributed by atoms with Gasteiger partial charge < -0.3 is 15.4 Å². The highest BCUT2D eigenvalue weighted by molar-refractivity contribution is 5.98. The Morgan fingerprint density at radius 1 is 1.56 bits per heavy atom. The molecule has 1 saturated heterocycles. The van der Waals surface area contributed by atoms with Crippen molar-refractivity contribution >= 4 is 11.7 Å². The van der Waals surface area contributed by atoms with Crippen molar-refractivity contribution in [2.24, 2.45) is 0 Å². The molecule has 0 saturated carbocycles. The van der Waals surface area contributed by atoms with E-state index in [0.717, 1.165) is 12.8 Å². The molecule has 5 heteroatoms. The molecular formula is C13H19N3O2. The molecule has 2 atom stereocenters. The van der Waals surface area contributed by atoms with Crippen LogP contribution in [-0.2, 0) is 4.74 Å². The molecule has 2 N–H and O–H groups in total. The van der Waals surface area contributed by atoms with Gasteiger partial charge in [0.1, 0.15) is 5.82 Å². The lowest BCUT2D eigenvalue weighted by Crippen LogP contribution is -2.41. The summed E-state index contributed by atoms with van der Waals surface area (Å²) < 4.78 is 5.46. The predicted molar refractivity (Wildman–Crippen MR) is 69.7 cm³/mol. The van der Waals surface area contributed by atoms with E-state index in [4.69, 9.17) is 4.74 Å². The first-order valence-corrected chi connectivity index (χ1v) is 6.26. The summed E-state index contributed by atoms with van der Waals surface area (Å²) in [6, 6.07) is 3.73. The fourth-order valence-electron chi connectivity index (χ4n) is 2.18. The number of hydrogen-bond donors (Lipinski definition) is 2. The van der Waals surface area contributed by atoms with E-state index < -0.39 is 0 Å². The molecule has 1 fully saturated rings.